The van der Waals surface area contributed by atoms with Gasteiger partial charge in [0.2, 0.25) is 5.95 Å². The van der Waals surface area contributed by atoms with Crippen molar-refractivity contribution in [3.63, 3.8) is 0 Å². The molecule has 31 heavy (non-hydrogen) atoms. The smallest absolute Gasteiger partial charge is 0.223 e. The van der Waals surface area contributed by atoms with E-state index in [0.717, 1.165) is 11.1 Å². The number of benzene rings is 1. The Bertz CT molecular complexity index is 1130. The number of aromatic nitrogens is 4. The molecule has 2 aromatic heterocycles. The van der Waals surface area contributed by atoms with Crippen LogP contribution < -0.4 is 5.32 Å². The minimum absolute atomic E-state index is 0.198. The number of nitrogens with zero attached hydrogens (tertiary/aromatic N) is 5. The van der Waals surface area contributed by atoms with E-state index in [1.807, 2.05) is 13.8 Å². The molecule has 0 aliphatic heterocycles. The van der Waals surface area contributed by atoms with Crippen LogP contribution in [0, 0.1) is 28.5 Å². The van der Waals surface area contributed by atoms with Crippen molar-refractivity contribution < 1.29 is 9.50 Å². The molecule has 0 bridgehead atoms. The molecule has 1 aliphatic carbocycles. The van der Waals surface area contributed by atoms with Crippen LogP contribution in [-0.4, -0.2) is 31.1 Å². The molecule has 1 aliphatic rings. The third kappa shape index (κ3) is 4.23. The van der Waals surface area contributed by atoms with E-state index in [1.54, 1.807) is 18.3 Å². The van der Waals surface area contributed by atoms with Crippen LogP contribution in [0.3, 0.4) is 0 Å². The van der Waals surface area contributed by atoms with Gasteiger partial charge in [-0.15, -0.1) is 0 Å². The number of nitrogens with one attached hydrogen (secondary N) is 1. The van der Waals surface area contributed by atoms with E-state index in [-0.39, 0.29) is 23.3 Å². The highest BCUT2D eigenvalue weighted by molar-refractivity contribution is 5.62. The summed E-state index contributed by atoms with van der Waals surface area (Å²) >= 11 is 0. The van der Waals surface area contributed by atoms with Gasteiger partial charge in [-0.3, -0.25) is 0 Å². The molecule has 1 fully saturated rings. The van der Waals surface area contributed by atoms with Gasteiger partial charge in [0.05, 0.1) is 29.3 Å². The molecule has 3 aromatic rings. The number of aliphatic hydroxyl groups excluding tert-OH is 1. The number of nitriles is 1. The zero-order chi connectivity index (χ0) is 22.0. The van der Waals surface area contributed by atoms with Crippen molar-refractivity contribution in [1.29, 1.82) is 5.26 Å². The summed E-state index contributed by atoms with van der Waals surface area (Å²) in [6.45, 7) is 4.43. The van der Waals surface area contributed by atoms with Crippen LogP contribution >= 0.6 is 0 Å². The van der Waals surface area contributed by atoms with E-state index in [1.165, 1.54) is 24.7 Å². The lowest BCUT2D eigenvalue weighted by molar-refractivity contribution is -0.0978. The fourth-order valence-corrected chi connectivity index (χ4v) is 3.85. The van der Waals surface area contributed by atoms with Crippen LogP contribution in [0.5, 0.6) is 0 Å². The maximum absolute atomic E-state index is 13.3. The summed E-state index contributed by atoms with van der Waals surface area (Å²) in [7, 11) is 0. The lowest BCUT2D eigenvalue weighted by atomic mass is 9.58. The third-order valence-corrected chi connectivity index (χ3v) is 6.19. The first-order valence-corrected chi connectivity index (χ1v) is 10.1. The fourth-order valence-electron chi connectivity index (χ4n) is 3.85. The standard InChI is InChI=1S/C23H23FN6O/c1-23(2)17(8-20(23)31)7-19-15(9-25)11-27-22(30-19)28-12-16-10-26-13-29-21(16)14-3-5-18(24)6-4-14/h3-6,10-11,13,17,20,31H,7-8,12H2,1-2H3,(H,27,28,30)/t17-,20+/m1/s1. The van der Waals surface area contributed by atoms with Gasteiger partial charge in [-0.05, 0) is 48.4 Å². The van der Waals surface area contributed by atoms with E-state index >= 15 is 0 Å². The predicted octanol–water partition coefficient (Wildman–Crippen LogP) is 3.51. The molecule has 0 spiro atoms. The monoisotopic (exact) mass is 418 g/mol. The Kier molecular flexibility index (Phi) is 5.61. The Morgan fingerprint density at radius 1 is 1.23 bits per heavy atom. The van der Waals surface area contributed by atoms with Gasteiger partial charge >= 0.3 is 0 Å². The highest BCUT2D eigenvalue weighted by atomic mass is 19.1. The third-order valence-electron chi connectivity index (χ3n) is 6.19. The van der Waals surface area contributed by atoms with Crippen LogP contribution in [-0.2, 0) is 13.0 Å². The van der Waals surface area contributed by atoms with Crippen LogP contribution in [0.4, 0.5) is 10.3 Å². The first-order valence-electron chi connectivity index (χ1n) is 10.1. The second-order valence-corrected chi connectivity index (χ2v) is 8.40. The Morgan fingerprint density at radius 3 is 2.68 bits per heavy atom. The lowest BCUT2D eigenvalue weighted by Crippen LogP contribution is -2.50. The number of anilines is 1. The van der Waals surface area contributed by atoms with Crippen molar-refractivity contribution in [2.75, 3.05) is 5.32 Å². The number of halogens is 1. The van der Waals surface area contributed by atoms with Gasteiger partial charge in [0.15, 0.2) is 0 Å². The van der Waals surface area contributed by atoms with E-state index in [4.69, 9.17) is 0 Å². The molecular formula is C23H23FN6O. The predicted molar refractivity (Wildman–Crippen MR) is 113 cm³/mol. The zero-order valence-corrected chi connectivity index (χ0v) is 17.4. The Labute approximate surface area is 180 Å². The molecule has 0 unspecified atom stereocenters. The van der Waals surface area contributed by atoms with Gasteiger partial charge in [0.25, 0.3) is 0 Å². The van der Waals surface area contributed by atoms with Gasteiger partial charge in [0.1, 0.15) is 18.2 Å². The molecule has 1 saturated carbocycles. The van der Waals surface area contributed by atoms with Crippen molar-refractivity contribution in [1.82, 2.24) is 19.9 Å². The molecule has 0 radical (unpaired) electrons. The molecule has 1 aromatic carbocycles. The maximum Gasteiger partial charge on any atom is 0.223 e. The largest absolute Gasteiger partial charge is 0.393 e. The first-order chi connectivity index (χ1) is 14.9. The van der Waals surface area contributed by atoms with Crippen LogP contribution in [0.25, 0.3) is 11.3 Å². The van der Waals surface area contributed by atoms with Crippen LogP contribution in [0.2, 0.25) is 0 Å². The summed E-state index contributed by atoms with van der Waals surface area (Å²) in [4.78, 5) is 17.3. The number of hydrogen-bond acceptors (Lipinski definition) is 7. The summed E-state index contributed by atoms with van der Waals surface area (Å²) in [6, 6.07) is 8.29. The van der Waals surface area contributed by atoms with Gasteiger partial charge in [-0.25, -0.2) is 24.3 Å². The number of hydrogen-bond donors (Lipinski definition) is 2. The molecule has 7 nitrogen and oxygen atoms in total. The van der Waals surface area contributed by atoms with Gasteiger partial charge < -0.3 is 10.4 Å². The highest BCUT2D eigenvalue weighted by Crippen LogP contribution is 2.47. The summed E-state index contributed by atoms with van der Waals surface area (Å²) in [5.41, 5.74) is 3.21. The minimum Gasteiger partial charge on any atom is -0.393 e. The van der Waals surface area contributed by atoms with E-state index < -0.39 is 0 Å². The van der Waals surface area contributed by atoms with Crippen LogP contribution in [0.1, 0.15) is 37.1 Å². The van der Waals surface area contributed by atoms with Crippen molar-refractivity contribution in [2.24, 2.45) is 11.3 Å². The van der Waals surface area contributed by atoms with Crippen molar-refractivity contribution in [2.45, 2.75) is 39.3 Å². The highest BCUT2D eigenvalue weighted by Gasteiger charge is 2.47. The second-order valence-electron chi connectivity index (χ2n) is 8.40. The van der Waals surface area contributed by atoms with Crippen LogP contribution in [0.15, 0.2) is 43.0 Å². The normalized spacial score (nSPS) is 19.3. The topological polar surface area (TPSA) is 108 Å². The Balaban J connectivity index is 1.52. The molecule has 2 N–H and O–H groups in total. The lowest BCUT2D eigenvalue weighted by Gasteiger charge is -2.49. The Morgan fingerprint density at radius 2 is 2.00 bits per heavy atom. The zero-order valence-electron chi connectivity index (χ0n) is 17.4. The summed E-state index contributed by atoms with van der Waals surface area (Å²) in [5, 5.41) is 22.6. The van der Waals surface area contributed by atoms with Crippen molar-refractivity contribution >= 4 is 5.95 Å². The van der Waals surface area contributed by atoms with Gasteiger partial charge in [-0.2, -0.15) is 5.26 Å². The minimum atomic E-state index is -0.328. The van der Waals surface area contributed by atoms with Crippen molar-refractivity contribution in [3.05, 3.63) is 65.6 Å². The van der Waals surface area contributed by atoms with Gasteiger partial charge in [-0.1, -0.05) is 13.8 Å². The molecular weight excluding hydrogens is 395 g/mol. The average Bonchev–Trinajstić information content (AvgIpc) is 2.78. The fraction of sp³-hybridized carbons (Fsp3) is 0.348. The Hall–Kier alpha value is -3.44. The van der Waals surface area contributed by atoms with E-state index in [9.17, 15) is 14.8 Å². The number of rotatable bonds is 6. The molecule has 0 amide bonds. The maximum atomic E-state index is 13.3. The molecule has 4 rings (SSSR count). The van der Waals surface area contributed by atoms with Crippen molar-refractivity contribution in [3.8, 4) is 17.3 Å². The molecule has 158 valence electrons. The molecule has 8 heteroatoms. The first kappa shape index (κ1) is 20.8. The molecule has 2 heterocycles. The quantitative estimate of drug-likeness (QED) is 0.631. The molecule has 0 saturated heterocycles. The number of aliphatic hydroxyl groups is 1. The molecule has 2 atom stereocenters. The van der Waals surface area contributed by atoms with E-state index in [0.29, 0.717) is 42.3 Å². The second kappa shape index (κ2) is 8.36. The van der Waals surface area contributed by atoms with Gasteiger partial charge in [0, 0.05) is 23.9 Å². The summed E-state index contributed by atoms with van der Waals surface area (Å²) < 4.78 is 13.3. The average molecular weight is 418 g/mol. The summed E-state index contributed by atoms with van der Waals surface area (Å²) in [6.07, 6.45) is 5.65. The van der Waals surface area contributed by atoms with E-state index in [2.05, 4.69) is 31.3 Å². The summed E-state index contributed by atoms with van der Waals surface area (Å²) in [5.74, 6) is 0.351. The SMILES string of the molecule is CC1(C)[C@H](Cc2nc(NCc3cncnc3-c3ccc(F)cc3)ncc2C#N)C[C@@H]1O.